The lowest BCUT2D eigenvalue weighted by atomic mass is 9.86. The van der Waals surface area contributed by atoms with Crippen molar-refractivity contribution in [3.05, 3.63) is 17.7 Å². The SMILES string of the molecule is CC(C(=O)O)c1ncc(CC2CCCCC2)[nH]1. The van der Waals surface area contributed by atoms with Gasteiger partial charge in [-0.2, -0.15) is 0 Å². The van der Waals surface area contributed by atoms with Crippen LogP contribution in [0.3, 0.4) is 0 Å². The zero-order valence-electron chi connectivity index (χ0n) is 10.3. The van der Waals surface area contributed by atoms with E-state index in [-0.39, 0.29) is 0 Å². The first-order valence-electron chi connectivity index (χ1n) is 6.43. The molecule has 0 saturated heterocycles. The first kappa shape index (κ1) is 12.1. The molecule has 17 heavy (non-hydrogen) atoms. The summed E-state index contributed by atoms with van der Waals surface area (Å²) in [6.45, 7) is 1.66. The van der Waals surface area contributed by atoms with Gasteiger partial charge in [0.25, 0.3) is 0 Å². The molecule has 0 spiro atoms. The number of hydrogen-bond donors (Lipinski definition) is 2. The molecule has 0 aliphatic heterocycles. The van der Waals surface area contributed by atoms with Gasteiger partial charge in [-0.1, -0.05) is 32.1 Å². The van der Waals surface area contributed by atoms with Crippen molar-refractivity contribution in [2.75, 3.05) is 0 Å². The van der Waals surface area contributed by atoms with Crippen LogP contribution in [0.5, 0.6) is 0 Å². The Kier molecular flexibility index (Phi) is 3.82. The molecule has 2 rings (SSSR count). The number of rotatable bonds is 4. The van der Waals surface area contributed by atoms with Gasteiger partial charge in [0.2, 0.25) is 0 Å². The number of carbonyl (C=O) groups is 1. The zero-order valence-corrected chi connectivity index (χ0v) is 10.3. The largest absolute Gasteiger partial charge is 0.481 e. The predicted octanol–water partition coefficient (Wildman–Crippen LogP) is 2.72. The maximum atomic E-state index is 10.8. The third-order valence-corrected chi connectivity index (χ3v) is 3.66. The third-order valence-electron chi connectivity index (χ3n) is 3.66. The van der Waals surface area contributed by atoms with E-state index in [4.69, 9.17) is 5.11 Å². The Morgan fingerprint density at radius 1 is 1.53 bits per heavy atom. The highest BCUT2D eigenvalue weighted by atomic mass is 16.4. The van der Waals surface area contributed by atoms with E-state index < -0.39 is 11.9 Å². The maximum absolute atomic E-state index is 10.8. The Labute approximate surface area is 101 Å². The second-order valence-corrected chi connectivity index (χ2v) is 5.06. The Morgan fingerprint density at radius 2 is 2.24 bits per heavy atom. The van der Waals surface area contributed by atoms with Gasteiger partial charge in [0, 0.05) is 11.9 Å². The van der Waals surface area contributed by atoms with Gasteiger partial charge in [-0.3, -0.25) is 4.79 Å². The van der Waals surface area contributed by atoms with Crippen LogP contribution in [0.15, 0.2) is 6.20 Å². The number of aromatic nitrogens is 2. The summed E-state index contributed by atoms with van der Waals surface area (Å²) >= 11 is 0. The molecule has 1 aliphatic rings. The van der Waals surface area contributed by atoms with Gasteiger partial charge < -0.3 is 10.1 Å². The lowest BCUT2D eigenvalue weighted by Crippen LogP contribution is -2.11. The number of hydrogen-bond acceptors (Lipinski definition) is 2. The van der Waals surface area contributed by atoms with E-state index in [0.717, 1.165) is 18.0 Å². The minimum atomic E-state index is -0.830. The summed E-state index contributed by atoms with van der Waals surface area (Å²) in [5.74, 6) is -0.0563. The molecule has 2 N–H and O–H groups in total. The molecule has 1 aliphatic carbocycles. The van der Waals surface area contributed by atoms with Crippen molar-refractivity contribution in [3.63, 3.8) is 0 Å². The molecule has 0 bridgehead atoms. The minimum absolute atomic E-state index is 0.546. The van der Waals surface area contributed by atoms with Crippen molar-refractivity contribution >= 4 is 5.97 Å². The summed E-state index contributed by atoms with van der Waals surface area (Å²) in [6.07, 6.45) is 9.42. The summed E-state index contributed by atoms with van der Waals surface area (Å²) in [6, 6.07) is 0. The highest BCUT2D eigenvalue weighted by Crippen LogP contribution is 2.26. The molecule has 1 atom stereocenters. The fourth-order valence-electron chi connectivity index (χ4n) is 2.52. The van der Waals surface area contributed by atoms with Crippen molar-refractivity contribution < 1.29 is 9.90 Å². The van der Waals surface area contributed by atoms with Gasteiger partial charge >= 0.3 is 5.97 Å². The highest BCUT2D eigenvalue weighted by Gasteiger charge is 2.19. The molecule has 0 amide bonds. The Hall–Kier alpha value is -1.32. The fraction of sp³-hybridized carbons (Fsp3) is 0.692. The van der Waals surface area contributed by atoms with Gasteiger partial charge in [0.1, 0.15) is 11.7 Å². The van der Waals surface area contributed by atoms with Gasteiger partial charge in [-0.15, -0.1) is 0 Å². The number of carboxylic acids is 1. The molecule has 0 radical (unpaired) electrons. The average molecular weight is 236 g/mol. The summed E-state index contributed by atoms with van der Waals surface area (Å²) < 4.78 is 0. The topological polar surface area (TPSA) is 66.0 Å². The smallest absolute Gasteiger partial charge is 0.313 e. The molecule has 1 aromatic rings. The number of imidazole rings is 1. The van der Waals surface area contributed by atoms with Crippen molar-refractivity contribution in [1.82, 2.24) is 9.97 Å². The van der Waals surface area contributed by atoms with Crippen LogP contribution in [0, 0.1) is 5.92 Å². The Bertz CT molecular complexity index is 381. The first-order valence-corrected chi connectivity index (χ1v) is 6.43. The van der Waals surface area contributed by atoms with Crippen molar-refractivity contribution in [2.24, 2.45) is 5.92 Å². The summed E-state index contributed by atoms with van der Waals surface area (Å²) in [7, 11) is 0. The lowest BCUT2D eigenvalue weighted by Gasteiger charge is -2.20. The van der Waals surface area contributed by atoms with Crippen LogP contribution in [0.4, 0.5) is 0 Å². The van der Waals surface area contributed by atoms with Gasteiger partial charge in [-0.05, 0) is 19.3 Å². The molecule has 1 unspecified atom stereocenters. The van der Waals surface area contributed by atoms with E-state index in [2.05, 4.69) is 9.97 Å². The van der Waals surface area contributed by atoms with E-state index >= 15 is 0 Å². The van der Waals surface area contributed by atoms with Crippen LogP contribution < -0.4 is 0 Å². The number of carboxylic acid groups (broad SMARTS) is 1. The van der Waals surface area contributed by atoms with Crippen LogP contribution in [-0.2, 0) is 11.2 Å². The van der Waals surface area contributed by atoms with E-state index in [1.54, 1.807) is 13.1 Å². The molecule has 1 saturated carbocycles. The molecular weight excluding hydrogens is 216 g/mol. The molecule has 0 aromatic carbocycles. The van der Waals surface area contributed by atoms with E-state index in [9.17, 15) is 4.79 Å². The predicted molar refractivity (Wildman–Crippen MR) is 64.9 cm³/mol. The van der Waals surface area contributed by atoms with Crippen molar-refractivity contribution in [2.45, 2.75) is 51.4 Å². The van der Waals surface area contributed by atoms with Gasteiger partial charge in [-0.25, -0.2) is 4.98 Å². The van der Waals surface area contributed by atoms with E-state index in [1.165, 1.54) is 32.1 Å². The van der Waals surface area contributed by atoms with Crippen LogP contribution in [0.1, 0.15) is 56.5 Å². The number of aromatic amines is 1. The second-order valence-electron chi connectivity index (χ2n) is 5.06. The number of nitrogens with one attached hydrogen (secondary N) is 1. The molecule has 1 heterocycles. The molecular formula is C13H20N2O2. The molecule has 4 heteroatoms. The van der Waals surface area contributed by atoms with E-state index in [0.29, 0.717) is 5.82 Å². The van der Waals surface area contributed by atoms with Gasteiger partial charge in [0.15, 0.2) is 0 Å². The monoisotopic (exact) mass is 236 g/mol. The molecule has 94 valence electrons. The molecule has 1 aromatic heterocycles. The normalized spacial score (nSPS) is 19.1. The van der Waals surface area contributed by atoms with Crippen LogP contribution in [0.25, 0.3) is 0 Å². The van der Waals surface area contributed by atoms with Crippen molar-refractivity contribution in [1.29, 1.82) is 0 Å². The number of aliphatic carboxylic acids is 1. The maximum Gasteiger partial charge on any atom is 0.313 e. The number of H-pyrrole nitrogens is 1. The molecule has 1 fully saturated rings. The quantitative estimate of drug-likeness (QED) is 0.844. The Balaban J connectivity index is 1.95. The summed E-state index contributed by atoms with van der Waals surface area (Å²) in [5.41, 5.74) is 1.08. The number of nitrogens with zero attached hydrogens (tertiary/aromatic N) is 1. The standard InChI is InChI=1S/C13H20N2O2/c1-9(13(16)17)12-14-8-11(15-12)7-10-5-3-2-4-6-10/h8-10H,2-7H2,1H3,(H,14,15)(H,16,17). The van der Waals surface area contributed by atoms with Crippen LogP contribution >= 0.6 is 0 Å². The first-order chi connectivity index (χ1) is 8.16. The van der Waals surface area contributed by atoms with Crippen molar-refractivity contribution in [3.8, 4) is 0 Å². The zero-order chi connectivity index (χ0) is 12.3. The lowest BCUT2D eigenvalue weighted by molar-refractivity contribution is -0.138. The molecule has 4 nitrogen and oxygen atoms in total. The van der Waals surface area contributed by atoms with Crippen LogP contribution in [0.2, 0.25) is 0 Å². The Morgan fingerprint density at radius 3 is 2.88 bits per heavy atom. The van der Waals surface area contributed by atoms with Gasteiger partial charge in [0.05, 0.1) is 0 Å². The average Bonchev–Trinajstić information content (AvgIpc) is 2.77. The highest BCUT2D eigenvalue weighted by molar-refractivity contribution is 5.74. The second kappa shape index (κ2) is 5.34. The van der Waals surface area contributed by atoms with Crippen LogP contribution in [-0.4, -0.2) is 21.0 Å². The minimum Gasteiger partial charge on any atom is -0.481 e. The fourth-order valence-corrected chi connectivity index (χ4v) is 2.52. The summed E-state index contributed by atoms with van der Waals surface area (Å²) in [4.78, 5) is 18.2. The summed E-state index contributed by atoms with van der Waals surface area (Å²) in [5, 5.41) is 8.91. The third kappa shape index (κ3) is 3.08. The van der Waals surface area contributed by atoms with E-state index in [1.807, 2.05) is 0 Å².